The Bertz CT molecular complexity index is 808. The van der Waals surface area contributed by atoms with Gasteiger partial charge in [0.1, 0.15) is 0 Å². The summed E-state index contributed by atoms with van der Waals surface area (Å²) in [7, 11) is 3.98. The van der Waals surface area contributed by atoms with Crippen LogP contribution < -0.4 is 10.2 Å². The van der Waals surface area contributed by atoms with Gasteiger partial charge in [-0.05, 0) is 17.7 Å². The van der Waals surface area contributed by atoms with Crippen LogP contribution in [0.1, 0.15) is 16.1 Å². The van der Waals surface area contributed by atoms with Crippen LogP contribution in [0.3, 0.4) is 0 Å². The van der Waals surface area contributed by atoms with Crippen LogP contribution in [0.4, 0.5) is 5.69 Å². The number of rotatable bonds is 5. The molecule has 0 saturated heterocycles. The Morgan fingerprint density at radius 2 is 1.79 bits per heavy atom. The van der Waals surface area contributed by atoms with E-state index in [0.29, 0.717) is 12.3 Å². The smallest absolute Gasteiger partial charge is 0.273 e. The molecule has 3 rings (SSSR count). The number of amides is 1. The third-order valence-electron chi connectivity index (χ3n) is 3.71. The molecular weight excluding hydrogens is 302 g/mol. The molecule has 5 heteroatoms. The number of hydrogen-bond donors (Lipinski definition) is 1. The number of anilines is 1. The van der Waals surface area contributed by atoms with Gasteiger partial charge in [-0.25, -0.2) is 0 Å². The Hall–Kier alpha value is -3.08. The fourth-order valence-corrected chi connectivity index (χ4v) is 2.31. The van der Waals surface area contributed by atoms with Crippen molar-refractivity contribution in [3.05, 3.63) is 71.9 Å². The number of nitrogens with zero attached hydrogens (tertiary/aromatic N) is 2. The maximum absolute atomic E-state index is 12.2. The minimum Gasteiger partial charge on any atom is -0.378 e. The zero-order valence-corrected chi connectivity index (χ0v) is 13.7. The monoisotopic (exact) mass is 321 g/mol. The average Bonchev–Trinajstić information content (AvgIpc) is 3.11. The summed E-state index contributed by atoms with van der Waals surface area (Å²) in [6, 6.07) is 19.2. The van der Waals surface area contributed by atoms with Crippen molar-refractivity contribution in [1.82, 2.24) is 10.5 Å². The number of hydrogen-bond acceptors (Lipinski definition) is 4. The maximum atomic E-state index is 12.2. The first-order chi connectivity index (χ1) is 11.6. The Labute approximate surface area is 140 Å². The molecule has 1 N–H and O–H groups in total. The molecule has 122 valence electrons. The lowest BCUT2D eigenvalue weighted by molar-refractivity contribution is 0.0942. The van der Waals surface area contributed by atoms with E-state index in [1.54, 1.807) is 6.07 Å². The third kappa shape index (κ3) is 3.63. The van der Waals surface area contributed by atoms with E-state index in [9.17, 15) is 4.79 Å². The first-order valence-corrected chi connectivity index (χ1v) is 7.70. The Morgan fingerprint density at radius 1 is 1.08 bits per heavy atom. The molecule has 0 spiro atoms. The molecule has 0 aliphatic rings. The van der Waals surface area contributed by atoms with Crippen LogP contribution in [0.25, 0.3) is 11.3 Å². The summed E-state index contributed by atoms with van der Waals surface area (Å²) in [5, 5.41) is 6.70. The van der Waals surface area contributed by atoms with E-state index in [4.69, 9.17) is 4.52 Å². The van der Waals surface area contributed by atoms with Crippen LogP contribution in [0.5, 0.6) is 0 Å². The average molecular weight is 321 g/mol. The van der Waals surface area contributed by atoms with Gasteiger partial charge in [0, 0.05) is 38.0 Å². The van der Waals surface area contributed by atoms with Gasteiger partial charge in [-0.3, -0.25) is 4.79 Å². The third-order valence-corrected chi connectivity index (χ3v) is 3.71. The van der Waals surface area contributed by atoms with E-state index in [1.165, 1.54) is 0 Å². The summed E-state index contributed by atoms with van der Waals surface area (Å²) >= 11 is 0. The van der Waals surface area contributed by atoms with Crippen molar-refractivity contribution in [2.75, 3.05) is 19.0 Å². The van der Waals surface area contributed by atoms with Crippen LogP contribution >= 0.6 is 0 Å². The number of benzene rings is 2. The summed E-state index contributed by atoms with van der Waals surface area (Å²) in [5.74, 6) is 0.328. The summed E-state index contributed by atoms with van der Waals surface area (Å²) in [4.78, 5) is 14.2. The lowest BCUT2D eigenvalue weighted by Gasteiger charge is -2.12. The van der Waals surface area contributed by atoms with Gasteiger partial charge in [-0.1, -0.05) is 47.6 Å². The quantitative estimate of drug-likeness (QED) is 0.783. The number of aromatic nitrogens is 1. The topological polar surface area (TPSA) is 58.4 Å². The normalized spacial score (nSPS) is 10.4. The molecular formula is C19H19N3O2. The van der Waals surface area contributed by atoms with E-state index < -0.39 is 0 Å². The van der Waals surface area contributed by atoms with E-state index in [0.717, 1.165) is 16.8 Å². The van der Waals surface area contributed by atoms with Crippen molar-refractivity contribution in [3.8, 4) is 11.3 Å². The van der Waals surface area contributed by atoms with Gasteiger partial charge in [0.2, 0.25) is 0 Å². The van der Waals surface area contributed by atoms with Gasteiger partial charge in [-0.2, -0.15) is 0 Å². The fraction of sp³-hybridized carbons (Fsp3) is 0.158. The largest absolute Gasteiger partial charge is 0.378 e. The second-order valence-corrected chi connectivity index (χ2v) is 5.69. The zero-order chi connectivity index (χ0) is 16.9. The molecule has 24 heavy (non-hydrogen) atoms. The Morgan fingerprint density at radius 3 is 2.46 bits per heavy atom. The number of carbonyl (C=O) groups is 1. The molecule has 0 fully saturated rings. The fourth-order valence-electron chi connectivity index (χ4n) is 2.31. The molecule has 3 aromatic rings. The van der Waals surface area contributed by atoms with Gasteiger partial charge in [0.15, 0.2) is 11.5 Å². The Balaban J connectivity index is 1.62. The summed E-state index contributed by atoms with van der Waals surface area (Å²) < 4.78 is 5.25. The van der Waals surface area contributed by atoms with Crippen molar-refractivity contribution in [3.63, 3.8) is 0 Å². The van der Waals surface area contributed by atoms with Crippen molar-refractivity contribution in [2.45, 2.75) is 6.54 Å². The summed E-state index contributed by atoms with van der Waals surface area (Å²) in [6.45, 7) is 0.445. The van der Waals surface area contributed by atoms with Crippen molar-refractivity contribution in [2.24, 2.45) is 0 Å². The summed E-state index contributed by atoms with van der Waals surface area (Å²) in [6.07, 6.45) is 0. The highest BCUT2D eigenvalue weighted by Gasteiger charge is 2.13. The molecule has 0 radical (unpaired) electrons. The van der Waals surface area contributed by atoms with Gasteiger partial charge >= 0.3 is 0 Å². The van der Waals surface area contributed by atoms with Crippen LogP contribution in [0, 0.1) is 0 Å². The molecule has 1 aromatic heterocycles. The minimum atomic E-state index is -0.252. The lowest BCUT2D eigenvalue weighted by atomic mass is 10.1. The predicted octanol–water partition coefficient (Wildman–Crippen LogP) is 3.34. The van der Waals surface area contributed by atoms with Crippen LogP contribution in [0.15, 0.2) is 65.2 Å². The highest BCUT2D eigenvalue weighted by Crippen LogP contribution is 2.19. The van der Waals surface area contributed by atoms with Crippen molar-refractivity contribution >= 4 is 11.6 Å². The molecule has 0 aliphatic carbocycles. The number of carbonyl (C=O) groups excluding carboxylic acids is 1. The molecule has 2 aromatic carbocycles. The highest BCUT2D eigenvalue weighted by atomic mass is 16.5. The molecule has 0 unspecified atom stereocenters. The second kappa shape index (κ2) is 7.00. The molecule has 0 atom stereocenters. The second-order valence-electron chi connectivity index (χ2n) is 5.69. The molecule has 1 heterocycles. The van der Waals surface area contributed by atoms with E-state index >= 15 is 0 Å². The first-order valence-electron chi connectivity index (χ1n) is 7.70. The molecule has 1 amide bonds. The van der Waals surface area contributed by atoms with E-state index in [-0.39, 0.29) is 11.6 Å². The first kappa shape index (κ1) is 15.8. The van der Waals surface area contributed by atoms with Crippen molar-refractivity contribution < 1.29 is 9.32 Å². The molecule has 5 nitrogen and oxygen atoms in total. The predicted molar refractivity (Wildman–Crippen MR) is 93.9 cm³/mol. The molecule has 0 aliphatic heterocycles. The zero-order valence-electron chi connectivity index (χ0n) is 13.7. The molecule has 0 bridgehead atoms. The van der Waals surface area contributed by atoms with Crippen molar-refractivity contribution in [1.29, 1.82) is 0 Å². The Kier molecular flexibility index (Phi) is 4.61. The lowest BCUT2D eigenvalue weighted by Crippen LogP contribution is -2.23. The molecule has 0 saturated carbocycles. The van der Waals surface area contributed by atoms with E-state index in [1.807, 2.05) is 73.6 Å². The van der Waals surface area contributed by atoms with Gasteiger partial charge in [-0.15, -0.1) is 0 Å². The van der Waals surface area contributed by atoms with Gasteiger partial charge < -0.3 is 14.7 Å². The van der Waals surface area contributed by atoms with Crippen LogP contribution in [0.2, 0.25) is 0 Å². The standard InChI is InChI=1S/C19H19N3O2/c1-22(2)16-10-8-14(9-11-16)13-20-19(23)17-12-18(24-21-17)15-6-4-3-5-7-15/h3-12H,13H2,1-2H3,(H,20,23). The van der Waals surface area contributed by atoms with Gasteiger partial charge in [0.05, 0.1) is 0 Å². The van der Waals surface area contributed by atoms with Crippen LogP contribution in [-0.4, -0.2) is 25.2 Å². The number of nitrogens with one attached hydrogen (secondary N) is 1. The maximum Gasteiger partial charge on any atom is 0.273 e. The van der Waals surface area contributed by atoms with Gasteiger partial charge in [0.25, 0.3) is 5.91 Å². The SMILES string of the molecule is CN(C)c1ccc(CNC(=O)c2cc(-c3ccccc3)on2)cc1. The van der Waals surface area contributed by atoms with E-state index in [2.05, 4.69) is 10.5 Å². The summed E-state index contributed by atoms with van der Waals surface area (Å²) in [5.41, 5.74) is 3.32. The minimum absolute atomic E-state index is 0.252. The highest BCUT2D eigenvalue weighted by molar-refractivity contribution is 5.93. The van der Waals surface area contributed by atoms with Crippen LogP contribution in [-0.2, 0) is 6.54 Å².